The summed E-state index contributed by atoms with van der Waals surface area (Å²) in [5.74, 6) is 3.17. The van der Waals surface area contributed by atoms with Crippen molar-refractivity contribution in [1.82, 2.24) is 19.9 Å². The Balaban J connectivity index is 1.59. The number of rotatable bonds is 2. The topological polar surface area (TPSA) is 45.4 Å². The van der Waals surface area contributed by atoms with Gasteiger partial charge in [-0.2, -0.15) is 4.98 Å². The Labute approximate surface area is 95.4 Å². The minimum atomic E-state index is 0.731. The van der Waals surface area contributed by atoms with Crippen LogP contribution >= 0.6 is 0 Å². The molecule has 2 saturated heterocycles. The molecule has 0 bridgehead atoms. The van der Waals surface area contributed by atoms with Gasteiger partial charge in [0.1, 0.15) is 0 Å². The van der Waals surface area contributed by atoms with Gasteiger partial charge in [-0.25, -0.2) is 0 Å². The summed E-state index contributed by atoms with van der Waals surface area (Å²) in [6.07, 6.45) is 0. The fraction of sp³-hybridized carbons (Fsp3) is 0.818. The average molecular weight is 222 g/mol. The second kappa shape index (κ2) is 3.82. The maximum atomic E-state index is 5.16. The van der Waals surface area contributed by atoms with Gasteiger partial charge < -0.3 is 9.42 Å². The van der Waals surface area contributed by atoms with Crippen molar-refractivity contribution in [2.24, 2.45) is 11.8 Å². The van der Waals surface area contributed by atoms with Crippen molar-refractivity contribution in [3.05, 3.63) is 11.7 Å². The highest BCUT2D eigenvalue weighted by atomic mass is 16.5. The zero-order valence-corrected chi connectivity index (χ0v) is 9.89. The second-order valence-corrected chi connectivity index (χ2v) is 5.17. The lowest BCUT2D eigenvalue weighted by Crippen LogP contribution is -2.26. The van der Waals surface area contributed by atoms with E-state index in [9.17, 15) is 0 Å². The Kier molecular flexibility index (Phi) is 2.44. The Morgan fingerprint density at radius 3 is 2.50 bits per heavy atom. The zero-order valence-electron chi connectivity index (χ0n) is 9.89. The molecule has 2 fully saturated rings. The van der Waals surface area contributed by atoms with Crippen LogP contribution in [0.2, 0.25) is 0 Å². The van der Waals surface area contributed by atoms with Gasteiger partial charge in [0.05, 0.1) is 6.54 Å². The minimum absolute atomic E-state index is 0.731. The molecule has 5 heteroatoms. The number of likely N-dealkylation sites (tertiary alicyclic amines) is 2. The maximum absolute atomic E-state index is 5.16. The number of nitrogens with zero attached hydrogens (tertiary/aromatic N) is 4. The van der Waals surface area contributed by atoms with Crippen molar-refractivity contribution in [3.63, 3.8) is 0 Å². The summed E-state index contributed by atoms with van der Waals surface area (Å²) < 4.78 is 5.16. The first-order valence-electron chi connectivity index (χ1n) is 5.91. The monoisotopic (exact) mass is 222 g/mol. The van der Waals surface area contributed by atoms with Gasteiger partial charge in [-0.1, -0.05) is 5.16 Å². The summed E-state index contributed by atoms with van der Waals surface area (Å²) in [5, 5.41) is 3.82. The Hall–Kier alpha value is -0.940. The summed E-state index contributed by atoms with van der Waals surface area (Å²) in [5.41, 5.74) is 0. The highest BCUT2D eigenvalue weighted by Gasteiger charge is 2.38. The van der Waals surface area contributed by atoms with Gasteiger partial charge in [0, 0.05) is 26.2 Å². The quantitative estimate of drug-likeness (QED) is 0.723. The van der Waals surface area contributed by atoms with Crippen LogP contribution in [0, 0.1) is 18.8 Å². The largest absolute Gasteiger partial charge is 0.338 e. The van der Waals surface area contributed by atoms with E-state index in [4.69, 9.17) is 4.52 Å². The fourth-order valence-electron chi connectivity index (χ4n) is 3.05. The van der Waals surface area contributed by atoms with E-state index in [1.165, 1.54) is 26.2 Å². The first-order valence-corrected chi connectivity index (χ1v) is 5.91. The summed E-state index contributed by atoms with van der Waals surface area (Å²) in [7, 11) is 2.21. The molecule has 3 rings (SSSR count). The first kappa shape index (κ1) is 10.2. The molecule has 0 aromatic carbocycles. The lowest BCUT2D eigenvalue weighted by Gasteiger charge is -2.16. The van der Waals surface area contributed by atoms with Crippen molar-refractivity contribution in [2.75, 3.05) is 33.2 Å². The molecule has 2 aliphatic heterocycles. The summed E-state index contributed by atoms with van der Waals surface area (Å²) in [4.78, 5) is 9.13. The van der Waals surface area contributed by atoms with E-state index in [2.05, 4.69) is 27.0 Å². The molecule has 5 nitrogen and oxygen atoms in total. The number of hydrogen-bond acceptors (Lipinski definition) is 5. The van der Waals surface area contributed by atoms with Gasteiger partial charge in [-0.15, -0.1) is 0 Å². The van der Waals surface area contributed by atoms with E-state index in [1.54, 1.807) is 0 Å². The molecule has 2 atom stereocenters. The van der Waals surface area contributed by atoms with Gasteiger partial charge >= 0.3 is 0 Å². The zero-order chi connectivity index (χ0) is 11.1. The van der Waals surface area contributed by atoms with Crippen LogP contribution in [0.1, 0.15) is 11.7 Å². The molecule has 3 heterocycles. The van der Waals surface area contributed by atoms with Crippen LogP contribution in [0.5, 0.6) is 0 Å². The molecule has 1 aromatic rings. The van der Waals surface area contributed by atoms with Gasteiger partial charge in [0.2, 0.25) is 5.89 Å². The summed E-state index contributed by atoms with van der Waals surface area (Å²) >= 11 is 0. The van der Waals surface area contributed by atoms with E-state index >= 15 is 0 Å². The predicted octanol–water partition coefficient (Wildman–Crippen LogP) is 0.371. The molecule has 1 aromatic heterocycles. The lowest BCUT2D eigenvalue weighted by molar-refractivity contribution is 0.237. The Morgan fingerprint density at radius 1 is 1.25 bits per heavy atom. The van der Waals surface area contributed by atoms with Crippen LogP contribution in [-0.2, 0) is 6.54 Å². The van der Waals surface area contributed by atoms with E-state index < -0.39 is 0 Å². The van der Waals surface area contributed by atoms with E-state index in [-0.39, 0.29) is 0 Å². The van der Waals surface area contributed by atoms with Gasteiger partial charge in [-0.05, 0) is 25.8 Å². The van der Waals surface area contributed by atoms with Crippen molar-refractivity contribution < 1.29 is 4.52 Å². The van der Waals surface area contributed by atoms with Crippen LogP contribution in [0.4, 0.5) is 0 Å². The third-order valence-corrected chi connectivity index (χ3v) is 3.67. The SMILES string of the molecule is Cc1noc(CN2CC3CN(C)CC3C2)n1. The van der Waals surface area contributed by atoms with E-state index in [0.717, 1.165) is 30.1 Å². The van der Waals surface area contributed by atoms with E-state index in [1.807, 2.05) is 6.92 Å². The number of fused-ring (bicyclic) bond motifs is 1. The van der Waals surface area contributed by atoms with Crippen molar-refractivity contribution in [1.29, 1.82) is 0 Å². The maximum Gasteiger partial charge on any atom is 0.240 e. The molecule has 2 unspecified atom stereocenters. The predicted molar refractivity (Wildman–Crippen MR) is 58.8 cm³/mol. The van der Waals surface area contributed by atoms with Crippen molar-refractivity contribution in [2.45, 2.75) is 13.5 Å². The standard InChI is InChI=1S/C11H18N4O/c1-8-12-11(16-13-8)7-15-5-9-3-14(2)4-10(9)6-15/h9-10H,3-7H2,1-2H3. The summed E-state index contributed by atoms with van der Waals surface area (Å²) in [6, 6.07) is 0. The smallest absolute Gasteiger partial charge is 0.240 e. The molecule has 0 radical (unpaired) electrons. The van der Waals surface area contributed by atoms with Crippen molar-refractivity contribution >= 4 is 0 Å². The molecule has 0 aliphatic carbocycles. The average Bonchev–Trinajstić information content (AvgIpc) is 2.81. The van der Waals surface area contributed by atoms with Crippen LogP contribution < -0.4 is 0 Å². The van der Waals surface area contributed by atoms with Crippen LogP contribution in [0.15, 0.2) is 4.52 Å². The van der Waals surface area contributed by atoms with Gasteiger partial charge in [0.25, 0.3) is 0 Å². The molecule has 0 spiro atoms. The number of aryl methyl sites for hydroxylation is 1. The van der Waals surface area contributed by atoms with Crippen LogP contribution in [-0.4, -0.2) is 53.2 Å². The lowest BCUT2D eigenvalue weighted by atomic mass is 10.0. The Morgan fingerprint density at radius 2 is 1.94 bits per heavy atom. The molecular formula is C11H18N4O. The Bertz CT molecular complexity index is 364. The van der Waals surface area contributed by atoms with E-state index in [0.29, 0.717) is 0 Å². The first-order chi connectivity index (χ1) is 7.70. The minimum Gasteiger partial charge on any atom is -0.338 e. The van der Waals surface area contributed by atoms with Crippen LogP contribution in [0.25, 0.3) is 0 Å². The second-order valence-electron chi connectivity index (χ2n) is 5.17. The van der Waals surface area contributed by atoms with Crippen LogP contribution in [0.3, 0.4) is 0 Å². The molecule has 2 aliphatic rings. The molecule has 0 amide bonds. The normalized spacial score (nSPS) is 31.1. The number of aromatic nitrogens is 2. The van der Waals surface area contributed by atoms with Crippen molar-refractivity contribution in [3.8, 4) is 0 Å². The highest BCUT2D eigenvalue weighted by molar-refractivity contribution is 4.93. The molecular weight excluding hydrogens is 204 g/mol. The molecule has 16 heavy (non-hydrogen) atoms. The van der Waals surface area contributed by atoms with Gasteiger partial charge in [0.15, 0.2) is 5.82 Å². The summed E-state index contributed by atoms with van der Waals surface area (Å²) in [6.45, 7) is 7.51. The molecule has 88 valence electrons. The number of hydrogen-bond donors (Lipinski definition) is 0. The molecule has 0 saturated carbocycles. The third kappa shape index (κ3) is 1.85. The highest BCUT2D eigenvalue weighted by Crippen LogP contribution is 2.30. The fourth-order valence-corrected chi connectivity index (χ4v) is 3.05. The third-order valence-electron chi connectivity index (χ3n) is 3.67. The molecule has 0 N–H and O–H groups in total. The van der Waals surface area contributed by atoms with Gasteiger partial charge in [-0.3, -0.25) is 4.90 Å².